The molecule has 3 rings (SSSR count). The van der Waals surface area contributed by atoms with Crippen LogP contribution in [0.15, 0.2) is 12.4 Å². The highest BCUT2D eigenvalue weighted by Gasteiger charge is 2.43. The maximum Gasteiger partial charge on any atom is 0.228 e. The van der Waals surface area contributed by atoms with Gasteiger partial charge < -0.3 is 9.80 Å². The number of hydrogen-bond acceptors (Lipinski definition) is 3. The van der Waals surface area contributed by atoms with Crippen molar-refractivity contribution in [2.24, 2.45) is 5.41 Å². The highest BCUT2D eigenvalue weighted by molar-refractivity contribution is 5.84. The lowest BCUT2D eigenvalue weighted by Crippen LogP contribution is -2.54. The number of carbonyl (C=O) groups excluding carboxylic acids is 2. The third-order valence-corrected chi connectivity index (χ3v) is 5.85. The zero-order valence-electron chi connectivity index (χ0n) is 15.3. The summed E-state index contributed by atoms with van der Waals surface area (Å²) in [6, 6.07) is 0. The van der Waals surface area contributed by atoms with Gasteiger partial charge in [0, 0.05) is 37.8 Å². The third-order valence-electron chi connectivity index (χ3n) is 5.85. The zero-order valence-corrected chi connectivity index (χ0v) is 15.3. The van der Waals surface area contributed by atoms with Crippen molar-refractivity contribution in [1.29, 1.82) is 0 Å². The fourth-order valence-corrected chi connectivity index (χ4v) is 4.29. The average molecular weight is 346 g/mol. The van der Waals surface area contributed by atoms with Crippen LogP contribution in [0.3, 0.4) is 0 Å². The quantitative estimate of drug-likeness (QED) is 0.860. The largest absolute Gasteiger partial charge is 0.339 e. The second-order valence-corrected chi connectivity index (χ2v) is 7.55. The number of aromatic nitrogens is 2. The zero-order chi connectivity index (χ0) is 17.7. The summed E-state index contributed by atoms with van der Waals surface area (Å²) in [5.74, 6) is 0.468. The van der Waals surface area contributed by atoms with Crippen LogP contribution in [0.4, 0.5) is 0 Å². The van der Waals surface area contributed by atoms with Gasteiger partial charge in [0.1, 0.15) is 0 Å². The lowest BCUT2D eigenvalue weighted by molar-refractivity contribution is -0.147. The van der Waals surface area contributed by atoms with Crippen molar-refractivity contribution in [2.75, 3.05) is 26.2 Å². The third kappa shape index (κ3) is 4.05. The first-order valence-electron chi connectivity index (χ1n) is 9.69. The summed E-state index contributed by atoms with van der Waals surface area (Å²) in [5, 5.41) is 6.62. The molecule has 1 aromatic rings. The Hall–Kier alpha value is -1.85. The van der Waals surface area contributed by atoms with Gasteiger partial charge in [-0.15, -0.1) is 0 Å². The van der Waals surface area contributed by atoms with Gasteiger partial charge in [-0.05, 0) is 24.8 Å². The predicted octanol–water partition coefficient (Wildman–Crippen LogP) is 2.37. The molecule has 1 saturated carbocycles. The molecule has 0 atom stereocenters. The van der Waals surface area contributed by atoms with Crippen molar-refractivity contribution >= 4 is 11.8 Å². The minimum Gasteiger partial charge on any atom is -0.339 e. The van der Waals surface area contributed by atoms with E-state index in [0.29, 0.717) is 38.5 Å². The summed E-state index contributed by atoms with van der Waals surface area (Å²) < 4.78 is 0. The molecule has 1 saturated heterocycles. The number of piperazine rings is 1. The van der Waals surface area contributed by atoms with E-state index in [1.807, 2.05) is 9.80 Å². The van der Waals surface area contributed by atoms with E-state index >= 15 is 0 Å². The lowest BCUT2D eigenvalue weighted by atomic mass is 9.79. The molecule has 1 aliphatic heterocycles. The van der Waals surface area contributed by atoms with Crippen LogP contribution in [0.1, 0.15) is 57.4 Å². The van der Waals surface area contributed by atoms with Crippen LogP contribution in [0.2, 0.25) is 0 Å². The molecule has 2 amide bonds. The van der Waals surface area contributed by atoms with Gasteiger partial charge in [0.05, 0.1) is 12.6 Å². The summed E-state index contributed by atoms with van der Waals surface area (Å²) >= 11 is 0. The van der Waals surface area contributed by atoms with E-state index in [1.54, 1.807) is 12.4 Å². The SMILES string of the molecule is CCCCC1(C(=O)N2CCN(C(=O)Cc3cn[nH]c3)CC2)CCCC1. The van der Waals surface area contributed by atoms with Crippen molar-refractivity contribution in [3.63, 3.8) is 0 Å². The topological polar surface area (TPSA) is 69.3 Å². The maximum absolute atomic E-state index is 13.2. The van der Waals surface area contributed by atoms with E-state index < -0.39 is 0 Å². The summed E-state index contributed by atoms with van der Waals surface area (Å²) in [7, 11) is 0. The number of hydrogen-bond donors (Lipinski definition) is 1. The van der Waals surface area contributed by atoms with Gasteiger partial charge in [-0.3, -0.25) is 14.7 Å². The lowest BCUT2D eigenvalue weighted by Gasteiger charge is -2.40. The number of H-pyrrole nitrogens is 1. The van der Waals surface area contributed by atoms with Gasteiger partial charge in [-0.25, -0.2) is 0 Å². The van der Waals surface area contributed by atoms with E-state index in [0.717, 1.165) is 37.7 Å². The fraction of sp³-hybridized carbons (Fsp3) is 0.737. The van der Waals surface area contributed by atoms with Gasteiger partial charge in [-0.1, -0.05) is 32.6 Å². The van der Waals surface area contributed by atoms with E-state index in [2.05, 4.69) is 17.1 Å². The van der Waals surface area contributed by atoms with Crippen LogP contribution in [0.25, 0.3) is 0 Å². The molecule has 2 aliphatic rings. The molecule has 2 fully saturated rings. The van der Waals surface area contributed by atoms with Crippen molar-refractivity contribution in [3.05, 3.63) is 18.0 Å². The maximum atomic E-state index is 13.2. The second-order valence-electron chi connectivity index (χ2n) is 7.55. The smallest absolute Gasteiger partial charge is 0.228 e. The van der Waals surface area contributed by atoms with Gasteiger partial charge in [0.25, 0.3) is 0 Å². The molecule has 6 nitrogen and oxygen atoms in total. The molecule has 1 N–H and O–H groups in total. The Morgan fingerprint density at radius 3 is 2.44 bits per heavy atom. The number of unbranched alkanes of at least 4 members (excludes halogenated alkanes) is 1. The average Bonchev–Trinajstić information content (AvgIpc) is 3.32. The molecule has 0 aromatic carbocycles. The Bertz CT molecular complexity index is 570. The molecule has 0 bridgehead atoms. The summed E-state index contributed by atoms with van der Waals surface area (Å²) in [4.78, 5) is 29.5. The van der Waals surface area contributed by atoms with Gasteiger partial charge in [0.15, 0.2) is 0 Å². The minimum absolute atomic E-state index is 0.112. The first-order chi connectivity index (χ1) is 12.1. The van der Waals surface area contributed by atoms with Crippen molar-refractivity contribution in [2.45, 2.75) is 58.3 Å². The molecule has 25 heavy (non-hydrogen) atoms. The number of rotatable bonds is 6. The molecular formula is C19H30N4O2. The van der Waals surface area contributed by atoms with E-state index in [9.17, 15) is 9.59 Å². The predicted molar refractivity (Wildman–Crippen MR) is 95.9 cm³/mol. The first-order valence-corrected chi connectivity index (χ1v) is 9.69. The summed E-state index contributed by atoms with van der Waals surface area (Å²) in [6.07, 6.45) is 11.6. The molecule has 2 heterocycles. The number of amides is 2. The van der Waals surface area contributed by atoms with Crippen molar-refractivity contribution in [1.82, 2.24) is 20.0 Å². The Morgan fingerprint density at radius 2 is 1.84 bits per heavy atom. The Morgan fingerprint density at radius 1 is 1.16 bits per heavy atom. The number of nitrogens with one attached hydrogen (secondary N) is 1. The first kappa shape index (κ1) is 18.0. The van der Waals surface area contributed by atoms with E-state index in [-0.39, 0.29) is 11.3 Å². The van der Waals surface area contributed by atoms with Gasteiger partial charge >= 0.3 is 0 Å². The Kier molecular flexibility index (Phi) is 5.76. The molecule has 1 aromatic heterocycles. The Labute approximate surface area is 149 Å². The molecule has 138 valence electrons. The van der Waals surface area contributed by atoms with Crippen LogP contribution in [-0.4, -0.2) is 58.0 Å². The molecular weight excluding hydrogens is 316 g/mol. The number of carbonyl (C=O) groups is 2. The standard InChI is InChI=1S/C19H30N4O2/c1-2-3-6-19(7-4-5-8-19)18(25)23-11-9-22(10-12-23)17(24)13-16-14-20-21-15-16/h14-15H,2-13H2,1H3,(H,20,21). The van der Waals surface area contributed by atoms with Gasteiger partial charge in [-0.2, -0.15) is 5.10 Å². The van der Waals surface area contributed by atoms with Crippen LogP contribution >= 0.6 is 0 Å². The highest BCUT2D eigenvalue weighted by Crippen LogP contribution is 2.44. The van der Waals surface area contributed by atoms with Crippen LogP contribution < -0.4 is 0 Å². The molecule has 1 aliphatic carbocycles. The van der Waals surface area contributed by atoms with Gasteiger partial charge in [0.2, 0.25) is 11.8 Å². The number of nitrogens with zero attached hydrogens (tertiary/aromatic N) is 3. The fourth-order valence-electron chi connectivity index (χ4n) is 4.29. The van der Waals surface area contributed by atoms with E-state index in [4.69, 9.17) is 0 Å². The van der Waals surface area contributed by atoms with Crippen LogP contribution in [0, 0.1) is 5.41 Å². The summed E-state index contributed by atoms with van der Waals surface area (Å²) in [5.41, 5.74) is 0.798. The summed E-state index contributed by atoms with van der Waals surface area (Å²) in [6.45, 7) is 4.82. The van der Waals surface area contributed by atoms with Crippen molar-refractivity contribution in [3.8, 4) is 0 Å². The van der Waals surface area contributed by atoms with Crippen molar-refractivity contribution < 1.29 is 9.59 Å². The normalized spacial score (nSPS) is 20.0. The van der Waals surface area contributed by atoms with Crippen LogP contribution in [0.5, 0.6) is 0 Å². The Balaban J connectivity index is 1.54. The van der Waals surface area contributed by atoms with E-state index in [1.165, 1.54) is 12.8 Å². The van der Waals surface area contributed by atoms with Crippen LogP contribution in [-0.2, 0) is 16.0 Å². The molecule has 0 radical (unpaired) electrons. The molecule has 0 unspecified atom stereocenters. The highest BCUT2D eigenvalue weighted by atomic mass is 16.2. The monoisotopic (exact) mass is 346 g/mol. The molecule has 6 heteroatoms. The molecule has 0 spiro atoms. The second kappa shape index (κ2) is 8.02. The number of aromatic amines is 1. The minimum atomic E-state index is -0.112.